The molecule has 0 aliphatic heterocycles. The largest absolute Gasteiger partial charge is 0.299 e. The van der Waals surface area contributed by atoms with E-state index in [1.165, 1.54) is 0 Å². The Kier molecular flexibility index (Phi) is 3.88. The van der Waals surface area contributed by atoms with Crippen LogP contribution in [0.1, 0.15) is 31.2 Å². The van der Waals surface area contributed by atoms with Crippen molar-refractivity contribution < 1.29 is 4.79 Å². The third-order valence-electron chi connectivity index (χ3n) is 3.16. The van der Waals surface area contributed by atoms with E-state index in [1.54, 1.807) is 6.07 Å². The van der Waals surface area contributed by atoms with Gasteiger partial charge in [-0.25, -0.2) is 0 Å². The summed E-state index contributed by atoms with van der Waals surface area (Å²) in [5, 5.41) is 1.31. The van der Waals surface area contributed by atoms with Gasteiger partial charge in [0.15, 0.2) is 0 Å². The van der Waals surface area contributed by atoms with Crippen LogP contribution in [0.5, 0.6) is 0 Å². The first kappa shape index (κ1) is 11.9. The summed E-state index contributed by atoms with van der Waals surface area (Å²) in [5.41, 5.74) is 1.03. The van der Waals surface area contributed by atoms with Crippen LogP contribution in [0.3, 0.4) is 0 Å². The summed E-state index contributed by atoms with van der Waals surface area (Å²) in [6.07, 6.45) is 4.69. The van der Waals surface area contributed by atoms with E-state index >= 15 is 0 Å². The van der Waals surface area contributed by atoms with Crippen LogP contribution in [0.2, 0.25) is 10.0 Å². The predicted molar refractivity (Wildman–Crippen MR) is 67.1 cm³/mol. The van der Waals surface area contributed by atoms with E-state index < -0.39 is 0 Å². The van der Waals surface area contributed by atoms with Crippen molar-refractivity contribution in [2.45, 2.75) is 32.1 Å². The first-order chi connectivity index (χ1) is 7.66. The molecule has 1 unspecified atom stereocenters. The lowest BCUT2D eigenvalue weighted by atomic mass is 9.84. The molecule has 0 saturated heterocycles. The van der Waals surface area contributed by atoms with Gasteiger partial charge in [0.2, 0.25) is 0 Å². The Bertz CT molecular complexity index is 401. The molecule has 1 atom stereocenters. The lowest BCUT2D eigenvalue weighted by Gasteiger charge is -2.20. The molecule has 0 spiro atoms. The maximum atomic E-state index is 11.7. The molecule has 1 aromatic carbocycles. The molecule has 0 aromatic heterocycles. The van der Waals surface area contributed by atoms with Crippen LogP contribution >= 0.6 is 23.2 Å². The number of Topliss-reactive ketones (excluding diaryl/α,β-unsaturated/α-hetero) is 1. The van der Waals surface area contributed by atoms with Gasteiger partial charge in [-0.3, -0.25) is 4.79 Å². The average Bonchev–Trinajstić information content (AvgIpc) is 2.25. The lowest BCUT2D eigenvalue weighted by Crippen LogP contribution is -2.21. The molecule has 1 aliphatic carbocycles. The number of hydrogen-bond acceptors (Lipinski definition) is 1. The van der Waals surface area contributed by atoms with Gasteiger partial charge in [-0.05, 0) is 37.0 Å². The highest BCUT2D eigenvalue weighted by molar-refractivity contribution is 6.35. The van der Waals surface area contributed by atoms with Crippen molar-refractivity contribution in [3.8, 4) is 0 Å². The van der Waals surface area contributed by atoms with E-state index in [2.05, 4.69) is 0 Å². The van der Waals surface area contributed by atoms with E-state index in [4.69, 9.17) is 23.2 Å². The Morgan fingerprint density at radius 2 is 2.06 bits per heavy atom. The number of hydrogen-bond donors (Lipinski definition) is 0. The highest BCUT2D eigenvalue weighted by atomic mass is 35.5. The summed E-state index contributed by atoms with van der Waals surface area (Å²) >= 11 is 11.9. The van der Waals surface area contributed by atoms with E-state index in [9.17, 15) is 4.79 Å². The van der Waals surface area contributed by atoms with Gasteiger partial charge < -0.3 is 0 Å². The molecule has 2 rings (SSSR count). The highest BCUT2D eigenvalue weighted by Crippen LogP contribution is 2.28. The molecule has 0 N–H and O–H groups in total. The molecule has 1 saturated carbocycles. The van der Waals surface area contributed by atoms with Crippen molar-refractivity contribution in [2.24, 2.45) is 5.92 Å². The van der Waals surface area contributed by atoms with Gasteiger partial charge >= 0.3 is 0 Å². The Morgan fingerprint density at radius 1 is 1.25 bits per heavy atom. The van der Waals surface area contributed by atoms with E-state index in [0.717, 1.165) is 37.7 Å². The van der Waals surface area contributed by atoms with Crippen molar-refractivity contribution in [3.05, 3.63) is 33.8 Å². The molecule has 86 valence electrons. The summed E-state index contributed by atoms with van der Waals surface area (Å²) in [4.78, 5) is 11.7. The summed E-state index contributed by atoms with van der Waals surface area (Å²) in [6, 6.07) is 5.49. The molecule has 16 heavy (non-hydrogen) atoms. The molecule has 0 radical (unpaired) electrons. The fourth-order valence-corrected chi connectivity index (χ4v) is 2.71. The molecule has 1 fully saturated rings. The first-order valence-corrected chi connectivity index (χ1v) is 6.39. The van der Waals surface area contributed by atoms with Crippen LogP contribution < -0.4 is 0 Å². The Hall–Kier alpha value is -0.530. The number of carbonyl (C=O) groups excluding carboxylic acids is 1. The van der Waals surface area contributed by atoms with Crippen molar-refractivity contribution >= 4 is 29.0 Å². The summed E-state index contributed by atoms with van der Waals surface area (Å²) in [6.45, 7) is 0. The third-order valence-corrected chi connectivity index (χ3v) is 3.75. The second-order valence-corrected chi connectivity index (χ2v) is 5.19. The fraction of sp³-hybridized carbons (Fsp3) is 0.462. The van der Waals surface area contributed by atoms with Crippen LogP contribution in [0.4, 0.5) is 0 Å². The number of rotatable bonds is 2. The van der Waals surface area contributed by atoms with Crippen molar-refractivity contribution in [1.82, 2.24) is 0 Å². The maximum absolute atomic E-state index is 11.7. The van der Waals surface area contributed by atoms with Gasteiger partial charge in [0, 0.05) is 22.4 Å². The topological polar surface area (TPSA) is 17.1 Å². The molecule has 0 amide bonds. The van der Waals surface area contributed by atoms with Gasteiger partial charge in [-0.15, -0.1) is 0 Å². The van der Waals surface area contributed by atoms with Crippen molar-refractivity contribution in [2.75, 3.05) is 0 Å². The summed E-state index contributed by atoms with van der Waals surface area (Å²) in [7, 11) is 0. The van der Waals surface area contributed by atoms with Crippen LogP contribution in [-0.2, 0) is 11.2 Å². The minimum Gasteiger partial charge on any atom is -0.299 e. The minimum absolute atomic E-state index is 0.160. The monoisotopic (exact) mass is 256 g/mol. The summed E-state index contributed by atoms with van der Waals surface area (Å²) in [5.74, 6) is 0.546. The van der Waals surface area contributed by atoms with Crippen molar-refractivity contribution in [1.29, 1.82) is 0 Å². The molecule has 0 heterocycles. The quantitative estimate of drug-likeness (QED) is 0.772. The number of carbonyl (C=O) groups is 1. The highest BCUT2D eigenvalue weighted by Gasteiger charge is 2.22. The second-order valence-electron chi connectivity index (χ2n) is 4.35. The van der Waals surface area contributed by atoms with Crippen LogP contribution in [-0.4, -0.2) is 5.78 Å². The SMILES string of the molecule is O=C1CCCCC1Cc1ccc(Cl)cc1Cl. The van der Waals surface area contributed by atoms with Crippen molar-refractivity contribution in [3.63, 3.8) is 0 Å². The smallest absolute Gasteiger partial charge is 0.136 e. The van der Waals surface area contributed by atoms with Gasteiger partial charge in [0.05, 0.1) is 0 Å². The van der Waals surface area contributed by atoms with Gasteiger partial charge in [0.1, 0.15) is 5.78 Å². The van der Waals surface area contributed by atoms with Crippen LogP contribution in [0, 0.1) is 5.92 Å². The van der Waals surface area contributed by atoms with Gasteiger partial charge in [-0.1, -0.05) is 35.7 Å². The molecule has 1 aromatic rings. The Labute approximate surface area is 106 Å². The lowest BCUT2D eigenvalue weighted by molar-refractivity contribution is -0.124. The average molecular weight is 257 g/mol. The fourth-order valence-electron chi connectivity index (χ4n) is 2.22. The number of halogens is 2. The molecular weight excluding hydrogens is 243 g/mol. The molecule has 3 heteroatoms. The van der Waals surface area contributed by atoms with Crippen LogP contribution in [0.15, 0.2) is 18.2 Å². The van der Waals surface area contributed by atoms with Crippen LogP contribution in [0.25, 0.3) is 0 Å². The molecule has 1 nitrogen and oxygen atoms in total. The minimum atomic E-state index is 0.160. The second kappa shape index (κ2) is 5.20. The Balaban J connectivity index is 2.10. The number of benzene rings is 1. The zero-order chi connectivity index (χ0) is 11.5. The van der Waals surface area contributed by atoms with E-state index in [-0.39, 0.29) is 5.92 Å². The zero-order valence-corrected chi connectivity index (χ0v) is 10.5. The van der Waals surface area contributed by atoms with Gasteiger partial charge in [0.25, 0.3) is 0 Å². The molecular formula is C13H14Cl2O. The maximum Gasteiger partial charge on any atom is 0.136 e. The first-order valence-electron chi connectivity index (χ1n) is 5.63. The number of ketones is 1. The third kappa shape index (κ3) is 2.78. The molecule has 0 bridgehead atoms. The zero-order valence-electron chi connectivity index (χ0n) is 9.01. The summed E-state index contributed by atoms with van der Waals surface area (Å²) < 4.78 is 0. The van der Waals surface area contributed by atoms with Gasteiger partial charge in [-0.2, -0.15) is 0 Å². The predicted octanol–water partition coefficient (Wildman–Crippen LogP) is 4.30. The molecule has 1 aliphatic rings. The normalized spacial score (nSPS) is 21.1. The standard InChI is InChI=1S/C13H14Cl2O/c14-11-6-5-9(12(15)8-11)7-10-3-1-2-4-13(10)16/h5-6,8,10H,1-4,7H2. The van der Waals surface area contributed by atoms with E-state index in [1.807, 2.05) is 12.1 Å². The Morgan fingerprint density at radius 3 is 2.75 bits per heavy atom. The van der Waals surface area contributed by atoms with E-state index in [0.29, 0.717) is 15.8 Å².